The molecule has 0 bridgehead atoms. The number of carbonyl (C=O) groups is 4. The monoisotopic (exact) mass is 1680 g/mol. The maximum absolute atomic E-state index is 13.1. The van der Waals surface area contributed by atoms with Crippen LogP contribution in [-0.2, 0) is 28.7 Å². The summed E-state index contributed by atoms with van der Waals surface area (Å²) in [7, 11) is 6.40. The van der Waals surface area contributed by atoms with Gasteiger partial charge in [0.2, 0.25) is 0 Å². The number of ether oxygens (including phenoxy) is 8. The zero-order valence-corrected chi connectivity index (χ0v) is 79.4. The predicted octanol–water partition coefficient (Wildman–Crippen LogP) is 30.1. The van der Waals surface area contributed by atoms with Gasteiger partial charge in [-0.15, -0.1) is 0 Å². The molecule has 12 heteroatoms. The third-order valence-electron chi connectivity index (χ3n) is 34.1. The average Bonchev–Trinajstić information content (AvgIpc) is 1.46. The largest absolute Gasteiger partial charge is 0.496 e. The van der Waals surface area contributed by atoms with E-state index < -0.39 is 0 Å². The average molecular weight is 1680 g/mol. The van der Waals surface area contributed by atoms with Crippen molar-refractivity contribution in [1.29, 1.82) is 0 Å². The molecule has 0 N–H and O–H groups in total. The van der Waals surface area contributed by atoms with Crippen molar-refractivity contribution in [3.8, 4) is 34.5 Å². The van der Waals surface area contributed by atoms with Gasteiger partial charge >= 0.3 is 23.9 Å². The van der Waals surface area contributed by atoms with E-state index in [0.717, 1.165) is 183 Å². The van der Waals surface area contributed by atoms with Crippen molar-refractivity contribution in [2.24, 2.45) is 105 Å². The Morgan fingerprint density at radius 2 is 0.631 bits per heavy atom. The van der Waals surface area contributed by atoms with Gasteiger partial charge in [0.15, 0.2) is 0 Å². The minimum Gasteiger partial charge on any atom is -0.496 e. The summed E-state index contributed by atoms with van der Waals surface area (Å²) in [5.74, 6) is 14.4. The molecule has 0 heterocycles. The third kappa shape index (κ3) is 25.8. The van der Waals surface area contributed by atoms with E-state index in [4.69, 9.17) is 37.9 Å². The fraction of sp³-hybridized carbons (Fsp3) is 0.764. The Kier molecular flexibility index (Phi) is 37.6. The lowest BCUT2D eigenvalue weighted by Crippen LogP contribution is -2.54. The van der Waals surface area contributed by atoms with Gasteiger partial charge in [-0.3, -0.25) is 19.2 Å². The highest BCUT2D eigenvalue weighted by Gasteiger charge is 2.63. The molecule has 0 aromatic heterocycles. The number of rotatable bonds is 50. The van der Waals surface area contributed by atoms with Crippen molar-refractivity contribution in [2.75, 3.05) is 28.4 Å². The summed E-state index contributed by atoms with van der Waals surface area (Å²) in [6, 6.07) is 15.1. The van der Waals surface area contributed by atoms with E-state index in [0.29, 0.717) is 93.7 Å². The molecular formula is C110H170O12. The molecule has 4 unspecified atom stereocenters. The van der Waals surface area contributed by atoms with E-state index in [-0.39, 0.29) is 36.1 Å². The van der Waals surface area contributed by atoms with Crippen LogP contribution < -0.4 is 28.4 Å². The fourth-order valence-electron chi connectivity index (χ4n) is 27.2. The van der Waals surface area contributed by atoms with Crippen molar-refractivity contribution in [1.82, 2.24) is 0 Å². The fourth-order valence-corrected chi connectivity index (χ4v) is 27.2. The predicted molar refractivity (Wildman–Crippen MR) is 501 cm³/mol. The van der Waals surface area contributed by atoms with Crippen LogP contribution in [0.2, 0.25) is 0 Å². The topological polar surface area (TPSA) is 142 Å². The summed E-state index contributed by atoms with van der Waals surface area (Å²) in [6.07, 6.45) is 66.4. The quantitative estimate of drug-likeness (QED) is 0.0230. The number of unbranched alkanes of at least 4 members (excludes halogenated alkanes) is 20. The summed E-state index contributed by atoms with van der Waals surface area (Å²) in [6.45, 7) is 25.4. The Morgan fingerprint density at radius 3 is 0.943 bits per heavy atom. The van der Waals surface area contributed by atoms with Gasteiger partial charge in [-0.05, 0) is 269 Å². The Hall–Kier alpha value is -5.78. The summed E-state index contributed by atoms with van der Waals surface area (Å²) in [5.41, 5.74) is 5.30. The first-order chi connectivity index (χ1) is 58.9. The Labute approximate surface area is 741 Å². The maximum Gasteiger partial charge on any atom is 0.311 e. The molecule has 8 fully saturated rings. The van der Waals surface area contributed by atoms with Gasteiger partial charge < -0.3 is 37.9 Å². The normalized spacial score (nSPS) is 29.0. The van der Waals surface area contributed by atoms with Crippen molar-refractivity contribution < 1.29 is 57.1 Å². The molecule has 0 radical (unpaired) electrons. The lowest BCUT2D eigenvalue weighted by Gasteiger charge is -2.61. The molecule has 8 saturated carbocycles. The number of hydrogen-bond acceptors (Lipinski definition) is 12. The molecule has 0 spiro atoms. The van der Waals surface area contributed by atoms with Gasteiger partial charge in [-0.1, -0.05) is 260 Å². The second kappa shape index (κ2) is 47.3. The van der Waals surface area contributed by atoms with Gasteiger partial charge in [0.1, 0.15) is 46.7 Å². The van der Waals surface area contributed by atoms with Crippen LogP contribution in [0.5, 0.6) is 34.5 Å². The highest BCUT2D eigenvalue weighted by Crippen LogP contribution is 2.71. The lowest BCUT2D eigenvalue weighted by molar-refractivity contribution is -0.163. The summed E-state index contributed by atoms with van der Waals surface area (Å²) in [4.78, 5) is 52.4. The zero-order chi connectivity index (χ0) is 86.8. The highest BCUT2D eigenvalue weighted by atomic mass is 16.6. The van der Waals surface area contributed by atoms with Crippen molar-refractivity contribution in [3.63, 3.8) is 0 Å². The number of benzene rings is 3. The van der Waals surface area contributed by atoms with Crippen molar-refractivity contribution >= 4 is 48.2 Å². The summed E-state index contributed by atoms with van der Waals surface area (Å²) >= 11 is 0. The van der Waals surface area contributed by atoms with Crippen LogP contribution in [-0.4, -0.2) is 64.5 Å². The first-order valence-electron chi connectivity index (χ1n) is 50.7. The summed E-state index contributed by atoms with van der Waals surface area (Å²) < 4.78 is 47.3. The smallest absolute Gasteiger partial charge is 0.311 e. The number of methoxy groups -OCH3 is 4. The second-order valence-corrected chi connectivity index (χ2v) is 42.7. The van der Waals surface area contributed by atoms with Gasteiger partial charge in [0.25, 0.3) is 0 Å². The molecule has 0 aliphatic heterocycles. The molecule has 3 aromatic rings. The number of hydrogen-bond donors (Lipinski definition) is 0. The Bertz CT molecular complexity index is 3480. The number of esters is 4. The summed E-state index contributed by atoms with van der Waals surface area (Å²) in [5, 5.41) is 0. The van der Waals surface area contributed by atoms with E-state index in [9.17, 15) is 19.2 Å². The molecule has 12 nitrogen and oxygen atoms in total. The van der Waals surface area contributed by atoms with Gasteiger partial charge in [0.05, 0.1) is 39.6 Å². The van der Waals surface area contributed by atoms with Gasteiger partial charge in [-0.2, -0.15) is 0 Å². The Balaban J connectivity index is 0.489. The molecule has 8 aliphatic carbocycles. The number of carbonyl (C=O) groups excluding carboxylic acids is 4. The minimum atomic E-state index is -0.267. The van der Waals surface area contributed by atoms with Crippen LogP contribution in [0, 0.1) is 105 Å². The van der Waals surface area contributed by atoms with E-state index in [2.05, 4.69) is 69.2 Å². The second-order valence-electron chi connectivity index (χ2n) is 42.7. The van der Waals surface area contributed by atoms with Crippen LogP contribution >= 0.6 is 0 Å². The van der Waals surface area contributed by atoms with E-state index >= 15 is 0 Å². The first-order valence-corrected chi connectivity index (χ1v) is 50.7. The minimum absolute atomic E-state index is 0.0348. The zero-order valence-electron chi connectivity index (χ0n) is 79.4. The van der Waals surface area contributed by atoms with E-state index in [1.165, 1.54) is 205 Å². The standard InChI is InChI=1S/C110H170O12/c1-77(2)39-37-41-79(5)93-59-61-95-89-57-53-83-71-85(63-67-107(83,7)97(89)65-69-109(93,95)9)119-103(111)43-33-29-25-21-17-15-19-23-27-31-35-45-105(113)121-87-73-99(115-11)91(100(74-87)116-12)55-51-81-47-49-82(50-48-81)52-56-92-101(117-13)75-88(76-102(92)118-14)122-106(114)46-36-32-28-24-20-16-18-22-26-30-34-44-104(112)120-86-64-68-108(8)84(72-86)54-58-90-96-62-60-94(80(6)42-38-40-78(3)4)110(96,10)70-66-98(90)108/h47-52,55-56,73-80,83-86,89-90,93-98H,15-46,53-54,57-72H2,1-14H3/b55-51+,56-52+/t79-,80-,83?,84?,85?,86?,89+,90+,93-,94-,95+,96+,97+,98+,107+,108+,109-,110-/m1/s1. The lowest BCUT2D eigenvalue weighted by atomic mass is 9.44. The van der Waals surface area contributed by atoms with Crippen molar-refractivity contribution in [3.05, 3.63) is 70.8 Å². The molecule has 0 amide bonds. The molecule has 122 heavy (non-hydrogen) atoms. The third-order valence-corrected chi connectivity index (χ3v) is 34.1. The van der Waals surface area contributed by atoms with E-state index in [1.807, 2.05) is 48.6 Å². The van der Waals surface area contributed by atoms with Gasteiger partial charge in [-0.25, -0.2) is 0 Å². The van der Waals surface area contributed by atoms with Crippen LogP contribution in [0.1, 0.15) is 413 Å². The SMILES string of the molecule is COc1cc(OC(=O)CCCCCCCCCCCCCC(=O)OC2CC[C@@]3(C)C(CC[C@H]4[C@@H]5CC[C@H]([C@H](C)CCCC(C)C)[C@@]5(C)CC[C@@H]43)C2)cc(OC)c1/C=C/c1ccc(/C=C/c2c(OC)cc(OC(=O)CCCCCCCCCCCCCC(=O)OC3CC[C@@]4(C)C(CC[C@H]5[C@@H]6CC[C@H]([C@H](C)CCCC(C)C)[C@@]6(C)CC[C@@H]54)C3)cc2OC)cc1. The molecule has 0 saturated heterocycles. The van der Waals surface area contributed by atoms with Gasteiger partial charge in [0, 0.05) is 49.9 Å². The molecule has 11 rings (SSSR count). The van der Waals surface area contributed by atoms with Crippen LogP contribution in [0.15, 0.2) is 48.5 Å². The molecule has 3 aromatic carbocycles. The van der Waals surface area contributed by atoms with E-state index in [1.54, 1.807) is 52.7 Å². The number of fused-ring (bicyclic) bond motifs is 10. The molecule has 8 aliphatic rings. The maximum atomic E-state index is 13.1. The first kappa shape index (κ1) is 96.8. The Morgan fingerprint density at radius 1 is 0.336 bits per heavy atom. The molecule has 18 atom stereocenters. The molecule has 682 valence electrons. The molecular weight excluding hydrogens is 1510 g/mol. The van der Waals surface area contributed by atoms with Crippen LogP contribution in [0.4, 0.5) is 0 Å². The van der Waals surface area contributed by atoms with Crippen LogP contribution in [0.3, 0.4) is 0 Å². The highest BCUT2D eigenvalue weighted by molar-refractivity contribution is 5.81. The van der Waals surface area contributed by atoms with Crippen LogP contribution in [0.25, 0.3) is 24.3 Å². The van der Waals surface area contributed by atoms with Crippen molar-refractivity contribution in [2.45, 2.75) is 402 Å².